The second kappa shape index (κ2) is 8.73. The van der Waals surface area contributed by atoms with E-state index in [1.807, 2.05) is 30.9 Å². The summed E-state index contributed by atoms with van der Waals surface area (Å²) in [4.78, 5) is 24.0. The average molecular weight is 512 g/mol. The molecule has 2 aliphatic rings. The summed E-state index contributed by atoms with van der Waals surface area (Å²) in [5.74, 6) is 0.613. The number of pyridine rings is 1. The van der Waals surface area contributed by atoms with Gasteiger partial charge in [0.05, 0.1) is 11.1 Å². The molecule has 11 heteroatoms. The summed E-state index contributed by atoms with van der Waals surface area (Å²) in [6, 6.07) is 6.17. The second-order valence-electron chi connectivity index (χ2n) is 9.11. The van der Waals surface area contributed by atoms with Crippen molar-refractivity contribution in [3.05, 3.63) is 58.3 Å². The van der Waals surface area contributed by atoms with E-state index in [1.54, 1.807) is 12.4 Å². The Hall–Kier alpha value is -2.30. The zero-order valence-electron chi connectivity index (χ0n) is 18.7. The summed E-state index contributed by atoms with van der Waals surface area (Å²) in [6.07, 6.45) is -1.22. The Kier molecular flexibility index (Phi) is 6.02. The van der Waals surface area contributed by atoms with Gasteiger partial charge in [0.1, 0.15) is 5.82 Å². The normalized spacial score (nSPS) is 26.5. The molecule has 1 N–H and O–H groups in total. The van der Waals surface area contributed by atoms with E-state index in [4.69, 9.17) is 10.7 Å². The van der Waals surface area contributed by atoms with Gasteiger partial charge in [0.2, 0.25) is 0 Å². The molecule has 0 amide bonds. The van der Waals surface area contributed by atoms with Crippen LogP contribution in [-0.4, -0.2) is 45.5 Å². The van der Waals surface area contributed by atoms with Gasteiger partial charge >= 0.3 is 11.9 Å². The van der Waals surface area contributed by atoms with Crippen molar-refractivity contribution in [3.63, 3.8) is 0 Å². The molecular formula is C23H25ClF3N5OS. The average Bonchev–Trinajstić information content (AvgIpc) is 2.93. The van der Waals surface area contributed by atoms with Crippen LogP contribution in [0.1, 0.15) is 30.9 Å². The topological polar surface area (TPSA) is 63.1 Å². The number of benzene rings is 1. The number of hydrogen-bond acceptors (Lipinski definition) is 5. The maximum Gasteiger partial charge on any atom is 0.416 e. The molecule has 1 saturated heterocycles. The van der Waals surface area contributed by atoms with Crippen molar-refractivity contribution in [1.82, 2.24) is 19.9 Å². The number of thiol groups is 1. The molecule has 1 fully saturated rings. The fraction of sp³-hybridized carbons (Fsp3) is 0.435. The highest BCUT2D eigenvalue weighted by Gasteiger charge is 2.36. The highest BCUT2D eigenvalue weighted by molar-refractivity contribution is 8.36. The van der Waals surface area contributed by atoms with Gasteiger partial charge in [0.15, 0.2) is 0 Å². The van der Waals surface area contributed by atoms with Gasteiger partial charge in [-0.2, -0.15) is 18.2 Å². The first kappa shape index (κ1) is 23.4. The molecule has 6 nitrogen and oxygen atoms in total. The molecule has 1 aromatic carbocycles. The molecule has 4 heterocycles. The molecule has 0 spiro atoms. The number of piperazine rings is 1. The predicted octanol–water partition coefficient (Wildman–Crippen LogP) is 4.31. The van der Waals surface area contributed by atoms with Gasteiger partial charge < -0.3 is 10.2 Å². The van der Waals surface area contributed by atoms with Crippen molar-refractivity contribution in [2.75, 3.05) is 23.7 Å². The van der Waals surface area contributed by atoms with Crippen molar-refractivity contribution < 1.29 is 13.2 Å². The van der Waals surface area contributed by atoms with E-state index in [9.17, 15) is 18.0 Å². The summed E-state index contributed by atoms with van der Waals surface area (Å²) < 4.78 is 43.3. The van der Waals surface area contributed by atoms with Gasteiger partial charge in [0, 0.05) is 66.1 Å². The molecule has 182 valence electrons. The lowest BCUT2D eigenvalue weighted by molar-refractivity contribution is -0.137. The molecule has 3 aromatic rings. The number of halogens is 4. The lowest BCUT2D eigenvalue weighted by atomic mass is 10.0. The van der Waals surface area contributed by atoms with Crippen LogP contribution >= 0.6 is 20.8 Å². The van der Waals surface area contributed by atoms with Crippen LogP contribution < -0.4 is 15.9 Å². The van der Waals surface area contributed by atoms with E-state index in [0.29, 0.717) is 47.0 Å². The Morgan fingerprint density at radius 3 is 2.44 bits per heavy atom. The predicted molar refractivity (Wildman–Crippen MR) is 130 cm³/mol. The highest BCUT2D eigenvalue weighted by Crippen LogP contribution is 2.52. The summed E-state index contributed by atoms with van der Waals surface area (Å²) in [6.45, 7) is 5.38. The first-order valence-corrected chi connectivity index (χ1v) is 13.5. The van der Waals surface area contributed by atoms with Gasteiger partial charge in [-0.05, 0) is 43.7 Å². The van der Waals surface area contributed by atoms with Gasteiger partial charge in [-0.15, -0.1) is 10.1 Å². The van der Waals surface area contributed by atoms with Crippen molar-refractivity contribution in [3.8, 4) is 0 Å². The first-order valence-electron chi connectivity index (χ1n) is 11.1. The van der Waals surface area contributed by atoms with Crippen molar-refractivity contribution >= 4 is 37.5 Å². The van der Waals surface area contributed by atoms with Gasteiger partial charge in [-0.3, -0.25) is 9.55 Å². The summed E-state index contributed by atoms with van der Waals surface area (Å²) >= 11 is 0. The molecule has 4 atom stereocenters. The third-order valence-corrected chi connectivity index (χ3v) is 9.03. The van der Waals surface area contributed by atoms with Crippen LogP contribution in [0.3, 0.4) is 0 Å². The summed E-state index contributed by atoms with van der Waals surface area (Å²) in [5, 5.41) is 3.74. The Morgan fingerprint density at radius 2 is 1.79 bits per heavy atom. The van der Waals surface area contributed by atoms with E-state index in [1.165, 1.54) is 4.57 Å². The molecule has 0 saturated carbocycles. The number of alkyl halides is 3. The zero-order chi connectivity index (χ0) is 24.2. The van der Waals surface area contributed by atoms with Crippen LogP contribution in [0, 0.1) is 0 Å². The molecule has 2 unspecified atom stereocenters. The van der Waals surface area contributed by atoms with Crippen molar-refractivity contribution in [2.24, 2.45) is 0 Å². The molecule has 34 heavy (non-hydrogen) atoms. The Balaban J connectivity index is 1.76. The Labute approximate surface area is 202 Å². The second-order valence-corrected chi connectivity index (χ2v) is 11.9. The minimum atomic E-state index is -4.54. The largest absolute Gasteiger partial charge is 0.416 e. The number of aromatic nitrogens is 3. The maximum absolute atomic E-state index is 13.9. The summed E-state index contributed by atoms with van der Waals surface area (Å²) in [5.41, 5.74) is 0.179. The molecule has 2 aromatic heterocycles. The lowest BCUT2D eigenvalue weighted by Gasteiger charge is -2.37. The molecule has 0 bridgehead atoms. The minimum absolute atomic E-state index is 0.102. The van der Waals surface area contributed by atoms with Crippen LogP contribution in [0.5, 0.6) is 0 Å². The fourth-order valence-electron chi connectivity index (χ4n) is 5.06. The van der Waals surface area contributed by atoms with Crippen LogP contribution in [0.25, 0.3) is 10.9 Å². The molecule has 0 aliphatic carbocycles. The molecule has 2 aliphatic heterocycles. The van der Waals surface area contributed by atoms with Gasteiger partial charge in [-0.1, -0.05) is 10.7 Å². The van der Waals surface area contributed by atoms with Crippen LogP contribution in [0.2, 0.25) is 0 Å². The van der Waals surface area contributed by atoms with Crippen molar-refractivity contribution in [1.29, 1.82) is 0 Å². The Bertz CT molecular complexity index is 1280. The van der Waals surface area contributed by atoms with E-state index < -0.39 is 27.5 Å². The number of rotatable bonds is 2. The van der Waals surface area contributed by atoms with Crippen molar-refractivity contribution in [2.45, 2.75) is 49.5 Å². The standard InChI is InChI=1S/C23H25ClF3N5OS/c1-13-9-31(10-14(2)29-13)21-18-7-17(23(25,26)27)8-19-20(18)32(22(33)30-21)11-16(12-34(19)24)15-3-5-28-6-4-15/h3-8,13-14,16,29,34H,9-12H2,1-2H3/t13-,14+,16?. The third-order valence-electron chi connectivity index (χ3n) is 6.44. The lowest BCUT2D eigenvalue weighted by Crippen LogP contribution is -2.55. The number of hydrogen-bond donors (Lipinski definition) is 2. The molecule has 5 rings (SSSR count). The van der Waals surface area contributed by atoms with Gasteiger partial charge in [-0.25, -0.2) is 4.79 Å². The van der Waals surface area contributed by atoms with E-state index in [-0.39, 0.29) is 18.0 Å². The Morgan fingerprint density at radius 1 is 1.12 bits per heavy atom. The van der Waals surface area contributed by atoms with E-state index >= 15 is 0 Å². The number of anilines is 1. The van der Waals surface area contributed by atoms with E-state index in [0.717, 1.165) is 17.7 Å². The zero-order valence-corrected chi connectivity index (χ0v) is 20.3. The number of nitrogens with one attached hydrogen (secondary N) is 1. The number of nitrogens with zero attached hydrogens (tertiary/aromatic N) is 4. The first-order chi connectivity index (χ1) is 16.1. The SMILES string of the molecule is C[C@@H]1CN(c2nc(=O)n3c4c(cc(C(F)(F)F)cc24)[SH](Cl)CC(c2ccncc2)C3)C[C@H](C)N1. The molecule has 0 radical (unpaired) electrons. The van der Waals surface area contributed by atoms with Crippen LogP contribution in [-0.2, 0) is 12.7 Å². The third kappa shape index (κ3) is 4.27. The monoisotopic (exact) mass is 511 g/mol. The van der Waals surface area contributed by atoms with Gasteiger partial charge in [0.25, 0.3) is 0 Å². The molecular weight excluding hydrogens is 487 g/mol. The smallest absolute Gasteiger partial charge is 0.353 e. The van der Waals surface area contributed by atoms with E-state index in [2.05, 4.69) is 15.3 Å². The minimum Gasteiger partial charge on any atom is -0.353 e. The summed E-state index contributed by atoms with van der Waals surface area (Å²) in [7, 11) is 5.37. The van der Waals surface area contributed by atoms with Crippen LogP contribution in [0.4, 0.5) is 19.0 Å². The quantitative estimate of drug-likeness (QED) is 0.502. The maximum atomic E-state index is 13.9. The fourth-order valence-corrected chi connectivity index (χ4v) is 7.60. The van der Waals surface area contributed by atoms with Crippen LogP contribution in [0.15, 0.2) is 46.3 Å². The highest BCUT2D eigenvalue weighted by atomic mass is 35.7.